The van der Waals surface area contributed by atoms with Gasteiger partial charge in [-0.25, -0.2) is 8.42 Å². The average Bonchev–Trinajstić information content (AvgIpc) is 2.80. The summed E-state index contributed by atoms with van der Waals surface area (Å²) in [4.78, 5) is 12.9. The van der Waals surface area contributed by atoms with Crippen LogP contribution in [0.2, 0.25) is 10.0 Å². The van der Waals surface area contributed by atoms with Crippen LogP contribution in [0.1, 0.15) is 11.1 Å². The summed E-state index contributed by atoms with van der Waals surface area (Å²) in [5.41, 5.74) is 2.04. The van der Waals surface area contributed by atoms with Crippen molar-refractivity contribution in [2.45, 2.75) is 18.4 Å². The number of nitrogens with one attached hydrogen (secondary N) is 1. The SMILES string of the molecule is Cc1ccc(S(=O)(=O)N(CC(=O)NCc2ccc3ccccc3c2)c2cc(Cl)cc(Cl)c2)cc1. The number of benzene rings is 4. The molecular weight excluding hydrogens is 491 g/mol. The van der Waals surface area contributed by atoms with Crippen molar-refractivity contribution in [3.05, 3.63) is 106 Å². The molecule has 4 aromatic carbocycles. The second-order valence-corrected chi connectivity index (χ2v) is 10.6. The molecule has 174 valence electrons. The molecule has 4 aromatic rings. The molecule has 1 amide bonds. The van der Waals surface area contributed by atoms with Gasteiger partial charge in [-0.3, -0.25) is 9.10 Å². The first-order valence-corrected chi connectivity index (χ1v) is 12.7. The van der Waals surface area contributed by atoms with Crippen LogP contribution in [-0.4, -0.2) is 20.9 Å². The predicted octanol–water partition coefficient (Wildman–Crippen LogP) is 5.97. The third-order valence-electron chi connectivity index (χ3n) is 5.34. The van der Waals surface area contributed by atoms with E-state index in [1.807, 2.05) is 49.4 Å². The van der Waals surface area contributed by atoms with E-state index in [0.717, 1.165) is 26.2 Å². The average molecular weight is 513 g/mol. The van der Waals surface area contributed by atoms with Gasteiger partial charge in [-0.15, -0.1) is 0 Å². The van der Waals surface area contributed by atoms with Crippen molar-refractivity contribution in [2.24, 2.45) is 0 Å². The number of fused-ring (bicyclic) bond motifs is 1. The van der Waals surface area contributed by atoms with Gasteiger partial charge >= 0.3 is 0 Å². The Morgan fingerprint density at radius 2 is 1.50 bits per heavy atom. The third-order valence-corrected chi connectivity index (χ3v) is 7.56. The number of carbonyl (C=O) groups is 1. The lowest BCUT2D eigenvalue weighted by molar-refractivity contribution is -0.119. The summed E-state index contributed by atoms with van der Waals surface area (Å²) in [6.45, 7) is 1.70. The Balaban J connectivity index is 1.59. The highest BCUT2D eigenvalue weighted by atomic mass is 35.5. The fraction of sp³-hybridized carbons (Fsp3) is 0.115. The highest BCUT2D eigenvalue weighted by molar-refractivity contribution is 7.92. The Labute approximate surface area is 209 Å². The van der Waals surface area contributed by atoms with E-state index in [9.17, 15) is 13.2 Å². The van der Waals surface area contributed by atoms with Crippen LogP contribution in [0.3, 0.4) is 0 Å². The van der Waals surface area contributed by atoms with Gasteiger partial charge < -0.3 is 5.32 Å². The van der Waals surface area contributed by atoms with E-state index < -0.39 is 22.5 Å². The molecule has 8 heteroatoms. The van der Waals surface area contributed by atoms with Crippen molar-refractivity contribution < 1.29 is 13.2 Å². The lowest BCUT2D eigenvalue weighted by Gasteiger charge is -2.24. The van der Waals surface area contributed by atoms with E-state index in [0.29, 0.717) is 0 Å². The quantitative estimate of drug-likeness (QED) is 0.331. The molecule has 5 nitrogen and oxygen atoms in total. The molecule has 0 saturated heterocycles. The predicted molar refractivity (Wildman–Crippen MR) is 138 cm³/mol. The van der Waals surface area contributed by atoms with Gasteiger partial charge in [0.05, 0.1) is 10.6 Å². The number of aryl methyl sites for hydroxylation is 1. The molecule has 0 atom stereocenters. The normalized spacial score (nSPS) is 11.4. The van der Waals surface area contributed by atoms with Crippen molar-refractivity contribution in [1.29, 1.82) is 0 Å². The lowest BCUT2D eigenvalue weighted by Crippen LogP contribution is -2.40. The first kappa shape index (κ1) is 24.1. The van der Waals surface area contributed by atoms with E-state index in [1.165, 1.54) is 30.3 Å². The summed E-state index contributed by atoms with van der Waals surface area (Å²) in [5, 5.41) is 5.51. The molecule has 0 aliphatic carbocycles. The highest BCUT2D eigenvalue weighted by Crippen LogP contribution is 2.29. The second kappa shape index (κ2) is 10.1. The summed E-state index contributed by atoms with van der Waals surface area (Å²) >= 11 is 12.3. The Morgan fingerprint density at radius 3 is 2.18 bits per heavy atom. The first-order chi connectivity index (χ1) is 16.2. The van der Waals surface area contributed by atoms with Gasteiger partial charge in [0, 0.05) is 16.6 Å². The minimum Gasteiger partial charge on any atom is -0.350 e. The van der Waals surface area contributed by atoms with Crippen molar-refractivity contribution in [2.75, 3.05) is 10.8 Å². The number of sulfonamides is 1. The number of anilines is 1. The molecule has 0 fully saturated rings. The van der Waals surface area contributed by atoms with Crippen molar-refractivity contribution >= 4 is 55.6 Å². The van der Waals surface area contributed by atoms with Gasteiger partial charge in [0.2, 0.25) is 5.91 Å². The minimum atomic E-state index is -4.06. The maximum Gasteiger partial charge on any atom is 0.264 e. The number of nitrogens with zero attached hydrogens (tertiary/aromatic N) is 1. The molecule has 0 saturated carbocycles. The fourth-order valence-electron chi connectivity index (χ4n) is 3.57. The van der Waals surface area contributed by atoms with E-state index in [2.05, 4.69) is 5.32 Å². The Hall–Kier alpha value is -3.06. The molecular formula is C26H22Cl2N2O3S. The molecule has 0 bridgehead atoms. The van der Waals surface area contributed by atoms with Gasteiger partial charge in [0.1, 0.15) is 6.54 Å². The van der Waals surface area contributed by atoms with Gasteiger partial charge in [-0.1, -0.05) is 77.3 Å². The molecule has 0 heterocycles. The molecule has 0 unspecified atom stereocenters. The van der Waals surface area contributed by atoms with E-state index >= 15 is 0 Å². The molecule has 0 aliphatic rings. The van der Waals surface area contributed by atoms with Crippen LogP contribution in [0.25, 0.3) is 10.8 Å². The van der Waals surface area contributed by atoms with E-state index in [1.54, 1.807) is 12.1 Å². The van der Waals surface area contributed by atoms with E-state index in [4.69, 9.17) is 23.2 Å². The molecule has 4 rings (SSSR count). The smallest absolute Gasteiger partial charge is 0.264 e. The van der Waals surface area contributed by atoms with Crippen LogP contribution in [0.5, 0.6) is 0 Å². The second-order valence-electron chi connectivity index (χ2n) is 7.91. The molecule has 1 N–H and O–H groups in total. The molecule has 0 spiro atoms. The standard InChI is InChI=1S/C26H22Cl2N2O3S/c1-18-6-10-25(11-7-18)34(32,33)30(24-14-22(27)13-23(28)15-24)17-26(31)29-16-19-8-9-20-4-2-3-5-21(20)12-19/h2-15H,16-17H2,1H3,(H,29,31). The molecule has 34 heavy (non-hydrogen) atoms. The van der Waals surface area contributed by atoms with Crippen LogP contribution < -0.4 is 9.62 Å². The topological polar surface area (TPSA) is 66.5 Å². The number of hydrogen-bond donors (Lipinski definition) is 1. The van der Waals surface area contributed by atoms with Crippen LogP contribution in [0.4, 0.5) is 5.69 Å². The Bertz CT molecular complexity index is 1430. The first-order valence-electron chi connectivity index (χ1n) is 10.5. The van der Waals surface area contributed by atoms with Gasteiger partial charge in [0.25, 0.3) is 10.0 Å². The van der Waals surface area contributed by atoms with Gasteiger partial charge in [-0.2, -0.15) is 0 Å². The summed E-state index contributed by atoms with van der Waals surface area (Å²) in [5.74, 6) is -0.458. The van der Waals surface area contributed by atoms with Crippen LogP contribution in [0, 0.1) is 6.92 Å². The van der Waals surface area contributed by atoms with Crippen LogP contribution in [-0.2, 0) is 21.4 Å². The summed E-state index contributed by atoms with van der Waals surface area (Å²) in [7, 11) is -4.06. The van der Waals surface area contributed by atoms with Crippen LogP contribution in [0.15, 0.2) is 89.8 Å². The largest absolute Gasteiger partial charge is 0.350 e. The van der Waals surface area contributed by atoms with Crippen molar-refractivity contribution in [1.82, 2.24) is 5.32 Å². The molecule has 0 aromatic heterocycles. The maximum atomic E-state index is 13.5. The molecule has 0 radical (unpaired) electrons. The maximum absolute atomic E-state index is 13.5. The minimum absolute atomic E-state index is 0.0662. The third kappa shape index (κ3) is 5.53. The fourth-order valence-corrected chi connectivity index (χ4v) is 5.49. The number of carbonyl (C=O) groups excluding carboxylic acids is 1. The Kier molecular flexibility index (Phi) is 7.12. The van der Waals surface area contributed by atoms with Gasteiger partial charge in [0.15, 0.2) is 0 Å². The highest BCUT2D eigenvalue weighted by Gasteiger charge is 2.27. The number of amides is 1. The summed E-state index contributed by atoms with van der Waals surface area (Å²) in [6.07, 6.45) is 0. The van der Waals surface area contributed by atoms with Crippen molar-refractivity contribution in [3.63, 3.8) is 0 Å². The zero-order chi connectivity index (χ0) is 24.3. The Morgan fingerprint density at radius 1 is 0.853 bits per heavy atom. The summed E-state index contributed by atoms with van der Waals surface area (Å²) in [6, 6.07) is 24.7. The number of halogens is 2. The molecule has 0 aliphatic heterocycles. The number of rotatable bonds is 7. The zero-order valence-electron chi connectivity index (χ0n) is 18.3. The van der Waals surface area contributed by atoms with E-state index in [-0.39, 0.29) is 27.2 Å². The lowest BCUT2D eigenvalue weighted by atomic mass is 10.1. The van der Waals surface area contributed by atoms with Gasteiger partial charge in [-0.05, 0) is 59.7 Å². The monoisotopic (exact) mass is 512 g/mol. The zero-order valence-corrected chi connectivity index (χ0v) is 20.7. The van der Waals surface area contributed by atoms with Crippen molar-refractivity contribution in [3.8, 4) is 0 Å². The van der Waals surface area contributed by atoms with Crippen LogP contribution >= 0.6 is 23.2 Å². The number of hydrogen-bond acceptors (Lipinski definition) is 3. The summed E-state index contributed by atoms with van der Waals surface area (Å²) < 4.78 is 28.0.